The summed E-state index contributed by atoms with van der Waals surface area (Å²) in [6.07, 6.45) is 1.42. The second kappa shape index (κ2) is 5.55. The van der Waals surface area contributed by atoms with E-state index in [-0.39, 0.29) is 16.7 Å². The summed E-state index contributed by atoms with van der Waals surface area (Å²) in [4.78, 5) is 28.8. The first-order chi connectivity index (χ1) is 7.13. The number of carbonyl (C=O) groups is 1. The molecule has 82 valence electrons. The molecule has 15 heavy (non-hydrogen) atoms. The molecule has 1 heterocycles. The Hall–Kier alpha value is -1.30. The fourth-order valence-electron chi connectivity index (χ4n) is 0.951. The number of carbonyl (C=O) groups excluding carboxylic acids is 1. The lowest BCUT2D eigenvalue weighted by Gasteiger charge is -2.09. The Morgan fingerprint density at radius 2 is 2.47 bits per heavy atom. The summed E-state index contributed by atoms with van der Waals surface area (Å²) < 4.78 is 0. The lowest BCUT2D eigenvalue weighted by molar-refractivity contribution is -0.120. The van der Waals surface area contributed by atoms with Gasteiger partial charge in [0.1, 0.15) is 0 Å². The van der Waals surface area contributed by atoms with E-state index in [0.717, 1.165) is 0 Å². The van der Waals surface area contributed by atoms with Crippen molar-refractivity contribution >= 4 is 17.7 Å². The highest BCUT2D eigenvalue weighted by molar-refractivity contribution is 8.00. The summed E-state index contributed by atoms with van der Waals surface area (Å²) in [7, 11) is 0. The van der Waals surface area contributed by atoms with Crippen LogP contribution in [0.5, 0.6) is 0 Å². The SMILES string of the molecule is CCNC(=O)[C@@H](C)Sc1nccc(=O)[nH]1. The molecule has 1 aromatic rings. The van der Waals surface area contributed by atoms with Crippen LogP contribution in [0, 0.1) is 0 Å². The number of hydrogen-bond donors (Lipinski definition) is 2. The zero-order chi connectivity index (χ0) is 11.3. The molecule has 1 aromatic heterocycles. The minimum absolute atomic E-state index is 0.0611. The molecule has 6 heteroatoms. The number of hydrogen-bond acceptors (Lipinski definition) is 4. The van der Waals surface area contributed by atoms with E-state index in [0.29, 0.717) is 11.7 Å². The molecule has 5 nitrogen and oxygen atoms in total. The van der Waals surface area contributed by atoms with E-state index in [4.69, 9.17) is 0 Å². The van der Waals surface area contributed by atoms with E-state index in [2.05, 4.69) is 15.3 Å². The van der Waals surface area contributed by atoms with Crippen LogP contribution in [-0.2, 0) is 4.79 Å². The van der Waals surface area contributed by atoms with Gasteiger partial charge in [-0.2, -0.15) is 0 Å². The zero-order valence-corrected chi connectivity index (χ0v) is 9.43. The first-order valence-electron chi connectivity index (χ1n) is 4.63. The first-order valence-corrected chi connectivity index (χ1v) is 5.51. The quantitative estimate of drug-likeness (QED) is 0.576. The van der Waals surface area contributed by atoms with Crippen molar-refractivity contribution < 1.29 is 4.79 Å². The Kier molecular flexibility index (Phi) is 4.36. The number of amides is 1. The predicted octanol–water partition coefficient (Wildman–Crippen LogP) is 0.387. The molecule has 0 saturated heterocycles. The van der Waals surface area contributed by atoms with Gasteiger partial charge in [-0.1, -0.05) is 11.8 Å². The van der Waals surface area contributed by atoms with Gasteiger partial charge in [-0.15, -0.1) is 0 Å². The maximum atomic E-state index is 11.4. The van der Waals surface area contributed by atoms with Gasteiger partial charge in [-0.25, -0.2) is 4.98 Å². The third-order valence-electron chi connectivity index (χ3n) is 1.66. The number of aromatic amines is 1. The third kappa shape index (κ3) is 3.75. The van der Waals surface area contributed by atoms with Crippen LogP contribution >= 0.6 is 11.8 Å². The maximum Gasteiger partial charge on any atom is 0.251 e. The molecule has 0 fully saturated rings. The third-order valence-corrected chi connectivity index (χ3v) is 2.65. The summed E-state index contributed by atoms with van der Waals surface area (Å²) in [5.74, 6) is -0.0611. The van der Waals surface area contributed by atoms with Crippen molar-refractivity contribution in [2.45, 2.75) is 24.3 Å². The first kappa shape index (κ1) is 11.8. The number of nitrogens with one attached hydrogen (secondary N) is 2. The molecule has 0 aromatic carbocycles. The minimum atomic E-state index is -0.268. The topological polar surface area (TPSA) is 74.8 Å². The minimum Gasteiger partial charge on any atom is -0.355 e. The number of rotatable bonds is 4. The van der Waals surface area contributed by atoms with E-state index in [1.165, 1.54) is 24.0 Å². The van der Waals surface area contributed by atoms with Crippen LogP contribution < -0.4 is 10.9 Å². The maximum absolute atomic E-state index is 11.4. The van der Waals surface area contributed by atoms with Crippen molar-refractivity contribution in [2.24, 2.45) is 0 Å². The van der Waals surface area contributed by atoms with Crippen LogP contribution in [-0.4, -0.2) is 27.7 Å². The molecule has 0 radical (unpaired) electrons. The highest BCUT2D eigenvalue weighted by atomic mass is 32.2. The Bertz CT molecular complexity index is 391. The Morgan fingerprint density at radius 3 is 3.07 bits per heavy atom. The van der Waals surface area contributed by atoms with Crippen molar-refractivity contribution in [3.8, 4) is 0 Å². The van der Waals surface area contributed by atoms with Crippen LogP contribution in [0.25, 0.3) is 0 Å². The Balaban J connectivity index is 2.62. The smallest absolute Gasteiger partial charge is 0.251 e. The average molecular weight is 227 g/mol. The van der Waals surface area contributed by atoms with Gasteiger partial charge in [0.15, 0.2) is 5.16 Å². The van der Waals surface area contributed by atoms with Crippen LogP contribution in [0.1, 0.15) is 13.8 Å². The number of thioether (sulfide) groups is 1. The van der Waals surface area contributed by atoms with Gasteiger partial charge in [-0.3, -0.25) is 9.59 Å². The van der Waals surface area contributed by atoms with Gasteiger partial charge in [0.2, 0.25) is 5.91 Å². The summed E-state index contributed by atoms with van der Waals surface area (Å²) in [5.41, 5.74) is -0.212. The second-order valence-electron chi connectivity index (χ2n) is 2.89. The summed E-state index contributed by atoms with van der Waals surface area (Å²) in [6, 6.07) is 1.33. The molecule has 0 aliphatic heterocycles. The van der Waals surface area contributed by atoms with Crippen LogP contribution in [0.2, 0.25) is 0 Å². The van der Waals surface area contributed by atoms with E-state index in [1.807, 2.05) is 6.92 Å². The number of aromatic nitrogens is 2. The molecule has 1 rings (SSSR count). The molecule has 2 N–H and O–H groups in total. The fourth-order valence-corrected chi connectivity index (χ4v) is 1.76. The fraction of sp³-hybridized carbons (Fsp3) is 0.444. The highest BCUT2D eigenvalue weighted by Crippen LogP contribution is 2.17. The van der Waals surface area contributed by atoms with Crippen LogP contribution in [0.4, 0.5) is 0 Å². The predicted molar refractivity (Wildman–Crippen MR) is 58.9 cm³/mol. The Morgan fingerprint density at radius 1 is 1.73 bits per heavy atom. The monoisotopic (exact) mass is 227 g/mol. The molecule has 0 bridgehead atoms. The van der Waals surface area contributed by atoms with Gasteiger partial charge in [0.25, 0.3) is 5.56 Å². The van der Waals surface area contributed by atoms with E-state index < -0.39 is 0 Å². The number of nitrogens with zero attached hydrogens (tertiary/aromatic N) is 1. The molecule has 1 atom stereocenters. The number of H-pyrrole nitrogens is 1. The van der Waals surface area contributed by atoms with E-state index in [9.17, 15) is 9.59 Å². The van der Waals surface area contributed by atoms with Crippen LogP contribution in [0.3, 0.4) is 0 Å². The molecule has 0 saturated carbocycles. The van der Waals surface area contributed by atoms with Crippen LogP contribution in [0.15, 0.2) is 22.2 Å². The molecule has 0 aliphatic carbocycles. The second-order valence-corrected chi connectivity index (χ2v) is 4.22. The lowest BCUT2D eigenvalue weighted by atomic mass is 10.4. The standard InChI is InChI=1S/C9H13N3O2S/c1-3-10-8(14)6(2)15-9-11-5-4-7(13)12-9/h4-6H,3H2,1-2H3,(H,10,14)(H,11,12,13)/t6-/m1/s1. The van der Waals surface area contributed by atoms with Crippen molar-refractivity contribution in [2.75, 3.05) is 6.54 Å². The van der Waals surface area contributed by atoms with Crippen molar-refractivity contribution in [1.29, 1.82) is 0 Å². The van der Waals surface area contributed by atoms with Gasteiger partial charge in [0, 0.05) is 18.8 Å². The molecule has 0 spiro atoms. The van der Waals surface area contributed by atoms with Crippen molar-refractivity contribution in [3.63, 3.8) is 0 Å². The molecule has 0 unspecified atom stereocenters. The van der Waals surface area contributed by atoms with Crippen molar-refractivity contribution in [1.82, 2.24) is 15.3 Å². The average Bonchev–Trinajstić information content (AvgIpc) is 2.18. The van der Waals surface area contributed by atoms with Gasteiger partial charge >= 0.3 is 0 Å². The molecule has 1 amide bonds. The zero-order valence-electron chi connectivity index (χ0n) is 8.61. The van der Waals surface area contributed by atoms with E-state index in [1.54, 1.807) is 6.92 Å². The van der Waals surface area contributed by atoms with E-state index >= 15 is 0 Å². The van der Waals surface area contributed by atoms with Gasteiger partial charge < -0.3 is 10.3 Å². The summed E-state index contributed by atoms with van der Waals surface area (Å²) in [5, 5.41) is 2.89. The van der Waals surface area contributed by atoms with Crippen molar-refractivity contribution in [3.05, 3.63) is 22.6 Å². The largest absolute Gasteiger partial charge is 0.355 e. The normalized spacial score (nSPS) is 12.1. The lowest BCUT2D eigenvalue weighted by Crippen LogP contribution is -2.30. The molecular weight excluding hydrogens is 214 g/mol. The molecular formula is C9H13N3O2S. The summed E-state index contributed by atoms with van der Waals surface area (Å²) in [6.45, 7) is 4.23. The molecule has 0 aliphatic rings. The van der Waals surface area contributed by atoms with Gasteiger partial charge in [-0.05, 0) is 13.8 Å². The Labute approximate surface area is 91.7 Å². The highest BCUT2D eigenvalue weighted by Gasteiger charge is 2.14. The van der Waals surface area contributed by atoms with Gasteiger partial charge in [0.05, 0.1) is 5.25 Å². The summed E-state index contributed by atoms with van der Waals surface area (Å²) >= 11 is 1.23.